The lowest BCUT2D eigenvalue weighted by atomic mass is 10.1. The first-order chi connectivity index (χ1) is 9.67. The molecular weight excluding hydrogens is 268 g/mol. The summed E-state index contributed by atoms with van der Waals surface area (Å²) < 4.78 is 0. The van der Waals surface area contributed by atoms with E-state index in [1.165, 1.54) is 0 Å². The molecule has 0 saturated carbocycles. The van der Waals surface area contributed by atoms with E-state index in [0.717, 1.165) is 16.0 Å². The normalized spacial score (nSPS) is 9.80. The van der Waals surface area contributed by atoms with Crippen molar-refractivity contribution in [2.24, 2.45) is 0 Å². The number of amides is 1. The molecule has 0 aliphatic carbocycles. The number of carbonyl (C=O) groups excluding carboxylic acids is 1. The Morgan fingerprint density at radius 2 is 1.90 bits per heavy atom. The largest absolute Gasteiger partial charge is 0.352 e. The first kappa shape index (κ1) is 14.2. The molecule has 2 rings (SSSR count). The number of nitrogens with zero attached hydrogens (tertiary/aromatic N) is 1. The zero-order valence-electron chi connectivity index (χ0n) is 10.8. The number of hydrogen-bond donors (Lipinski definition) is 2. The lowest BCUT2D eigenvalue weighted by Gasteiger charge is -2.06. The van der Waals surface area contributed by atoms with Gasteiger partial charge < -0.3 is 5.32 Å². The van der Waals surface area contributed by atoms with Gasteiger partial charge in [-0.1, -0.05) is 24.3 Å². The minimum atomic E-state index is -0.0423. The predicted octanol–water partition coefficient (Wildman–Crippen LogP) is 2.71. The monoisotopic (exact) mass is 282 g/mol. The molecule has 100 valence electrons. The molecule has 2 aromatic carbocycles. The molecule has 0 spiro atoms. The van der Waals surface area contributed by atoms with Crippen molar-refractivity contribution in [1.29, 1.82) is 5.26 Å². The molecule has 4 heteroatoms. The molecule has 2 aromatic rings. The summed E-state index contributed by atoms with van der Waals surface area (Å²) in [5.74, 6) is -0.0423. The van der Waals surface area contributed by atoms with Crippen LogP contribution >= 0.6 is 12.6 Å². The number of carbonyl (C=O) groups is 1. The van der Waals surface area contributed by atoms with Crippen LogP contribution in [0.1, 0.15) is 16.7 Å². The number of rotatable bonds is 4. The van der Waals surface area contributed by atoms with Crippen LogP contribution < -0.4 is 5.32 Å². The van der Waals surface area contributed by atoms with Crippen LogP contribution in [0.3, 0.4) is 0 Å². The van der Waals surface area contributed by atoms with E-state index in [4.69, 9.17) is 5.26 Å². The van der Waals surface area contributed by atoms with Crippen LogP contribution in [-0.4, -0.2) is 5.91 Å². The molecule has 0 bridgehead atoms. The van der Waals surface area contributed by atoms with E-state index in [2.05, 4.69) is 24.0 Å². The molecule has 0 unspecified atom stereocenters. The van der Waals surface area contributed by atoms with E-state index in [1.807, 2.05) is 36.4 Å². The third kappa shape index (κ3) is 4.15. The Labute approximate surface area is 123 Å². The van der Waals surface area contributed by atoms with Gasteiger partial charge in [-0.3, -0.25) is 4.79 Å². The molecule has 0 atom stereocenters. The second kappa shape index (κ2) is 6.78. The first-order valence-corrected chi connectivity index (χ1v) is 6.66. The maximum atomic E-state index is 11.8. The molecule has 0 heterocycles. The average molecular weight is 282 g/mol. The fourth-order valence-corrected chi connectivity index (χ4v) is 1.96. The van der Waals surface area contributed by atoms with Gasteiger partial charge in [-0.2, -0.15) is 5.26 Å². The summed E-state index contributed by atoms with van der Waals surface area (Å²) >= 11 is 4.20. The van der Waals surface area contributed by atoms with E-state index >= 15 is 0 Å². The zero-order chi connectivity index (χ0) is 14.4. The summed E-state index contributed by atoms with van der Waals surface area (Å²) in [4.78, 5) is 12.7. The van der Waals surface area contributed by atoms with E-state index in [-0.39, 0.29) is 5.91 Å². The van der Waals surface area contributed by atoms with Crippen LogP contribution in [0.4, 0.5) is 0 Å². The van der Waals surface area contributed by atoms with Gasteiger partial charge in [-0.15, -0.1) is 12.6 Å². The number of nitrogens with one attached hydrogen (secondary N) is 1. The lowest BCUT2D eigenvalue weighted by molar-refractivity contribution is -0.120. The highest BCUT2D eigenvalue weighted by molar-refractivity contribution is 7.80. The molecule has 0 aliphatic heterocycles. The predicted molar refractivity (Wildman–Crippen MR) is 80.4 cm³/mol. The second-order valence-electron chi connectivity index (χ2n) is 4.43. The maximum Gasteiger partial charge on any atom is 0.224 e. The summed E-state index contributed by atoms with van der Waals surface area (Å²) in [6.07, 6.45) is 0.339. The minimum absolute atomic E-state index is 0.0423. The highest BCUT2D eigenvalue weighted by Crippen LogP contribution is 2.08. The number of nitriles is 1. The van der Waals surface area contributed by atoms with Crippen molar-refractivity contribution < 1.29 is 4.79 Å². The molecule has 0 saturated heterocycles. The fraction of sp³-hybridized carbons (Fsp3) is 0.125. The van der Waals surface area contributed by atoms with Crippen molar-refractivity contribution in [3.05, 3.63) is 65.2 Å². The SMILES string of the molecule is N#Cc1cccc(CNC(=O)Cc2ccc(S)cc2)c1. The molecule has 0 aromatic heterocycles. The fourth-order valence-electron chi connectivity index (χ4n) is 1.81. The summed E-state index contributed by atoms with van der Waals surface area (Å²) in [6.45, 7) is 0.430. The summed E-state index contributed by atoms with van der Waals surface area (Å²) in [5.41, 5.74) is 2.47. The Bertz CT molecular complexity index is 644. The third-order valence-electron chi connectivity index (χ3n) is 2.85. The zero-order valence-corrected chi connectivity index (χ0v) is 11.7. The van der Waals surface area contributed by atoms with Gasteiger partial charge in [-0.05, 0) is 35.4 Å². The third-order valence-corrected chi connectivity index (χ3v) is 3.14. The van der Waals surface area contributed by atoms with E-state index < -0.39 is 0 Å². The summed E-state index contributed by atoms with van der Waals surface area (Å²) in [5, 5.41) is 11.7. The van der Waals surface area contributed by atoms with Gasteiger partial charge in [0.15, 0.2) is 0 Å². The van der Waals surface area contributed by atoms with Crippen molar-refractivity contribution in [2.75, 3.05) is 0 Å². The van der Waals surface area contributed by atoms with E-state index in [1.54, 1.807) is 12.1 Å². The molecule has 0 radical (unpaired) electrons. The van der Waals surface area contributed by atoms with E-state index in [9.17, 15) is 4.79 Å². The van der Waals surface area contributed by atoms with Crippen LogP contribution in [-0.2, 0) is 17.8 Å². The Kier molecular flexibility index (Phi) is 4.80. The van der Waals surface area contributed by atoms with Gasteiger partial charge in [0, 0.05) is 11.4 Å². The number of hydrogen-bond acceptors (Lipinski definition) is 3. The molecular formula is C16H14N2OS. The lowest BCUT2D eigenvalue weighted by Crippen LogP contribution is -2.24. The van der Waals surface area contributed by atoms with Crippen LogP contribution in [0.2, 0.25) is 0 Å². The Morgan fingerprint density at radius 1 is 1.15 bits per heavy atom. The number of thiol groups is 1. The molecule has 20 heavy (non-hydrogen) atoms. The Morgan fingerprint density at radius 3 is 2.60 bits per heavy atom. The molecule has 1 N–H and O–H groups in total. The average Bonchev–Trinajstić information content (AvgIpc) is 2.48. The second-order valence-corrected chi connectivity index (χ2v) is 4.95. The van der Waals surface area contributed by atoms with Gasteiger partial charge in [0.1, 0.15) is 0 Å². The minimum Gasteiger partial charge on any atom is -0.352 e. The van der Waals surface area contributed by atoms with Gasteiger partial charge >= 0.3 is 0 Å². The standard InChI is InChI=1S/C16H14N2OS/c17-10-13-2-1-3-14(8-13)11-18-16(19)9-12-4-6-15(20)7-5-12/h1-8,20H,9,11H2,(H,18,19). The number of benzene rings is 2. The highest BCUT2D eigenvalue weighted by Gasteiger charge is 2.03. The van der Waals surface area contributed by atoms with Gasteiger partial charge in [0.05, 0.1) is 18.1 Å². The van der Waals surface area contributed by atoms with Crippen molar-refractivity contribution in [3.8, 4) is 6.07 Å². The maximum absolute atomic E-state index is 11.8. The topological polar surface area (TPSA) is 52.9 Å². The molecule has 0 aliphatic rings. The van der Waals surface area contributed by atoms with E-state index in [0.29, 0.717) is 18.5 Å². The summed E-state index contributed by atoms with van der Waals surface area (Å²) in [6, 6.07) is 16.8. The van der Waals surface area contributed by atoms with Crippen molar-refractivity contribution in [3.63, 3.8) is 0 Å². The van der Waals surface area contributed by atoms with Gasteiger partial charge in [-0.25, -0.2) is 0 Å². The Hall–Kier alpha value is -2.25. The van der Waals surface area contributed by atoms with Crippen molar-refractivity contribution >= 4 is 18.5 Å². The van der Waals surface area contributed by atoms with Crippen LogP contribution in [0.25, 0.3) is 0 Å². The smallest absolute Gasteiger partial charge is 0.224 e. The highest BCUT2D eigenvalue weighted by atomic mass is 32.1. The Balaban J connectivity index is 1.89. The first-order valence-electron chi connectivity index (χ1n) is 6.21. The molecule has 0 fully saturated rings. The molecule has 1 amide bonds. The van der Waals surface area contributed by atoms with Crippen LogP contribution in [0.15, 0.2) is 53.4 Å². The molecule has 3 nitrogen and oxygen atoms in total. The van der Waals surface area contributed by atoms with Crippen LogP contribution in [0.5, 0.6) is 0 Å². The van der Waals surface area contributed by atoms with Crippen LogP contribution in [0, 0.1) is 11.3 Å². The quantitative estimate of drug-likeness (QED) is 0.847. The van der Waals surface area contributed by atoms with Gasteiger partial charge in [0.25, 0.3) is 0 Å². The van der Waals surface area contributed by atoms with Crippen molar-refractivity contribution in [2.45, 2.75) is 17.9 Å². The van der Waals surface area contributed by atoms with Gasteiger partial charge in [0.2, 0.25) is 5.91 Å². The van der Waals surface area contributed by atoms with Crippen molar-refractivity contribution in [1.82, 2.24) is 5.32 Å². The summed E-state index contributed by atoms with van der Waals surface area (Å²) in [7, 11) is 0.